The molecule has 0 unspecified atom stereocenters. The van der Waals surface area contributed by atoms with Crippen LogP contribution in [0.4, 0.5) is 0 Å². The third-order valence-corrected chi connectivity index (χ3v) is 3.55. The van der Waals surface area contributed by atoms with Crippen LogP contribution in [0.2, 0.25) is 5.02 Å². The summed E-state index contributed by atoms with van der Waals surface area (Å²) in [6, 6.07) is 10.6. The molecule has 2 rings (SSSR count). The monoisotopic (exact) mass is 368 g/mol. The van der Waals surface area contributed by atoms with Crippen LogP contribution < -0.4 is 4.74 Å². The predicted molar refractivity (Wildman–Crippen MR) is 85.8 cm³/mol. The van der Waals surface area contributed by atoms with Crippen LogP contribution in [0, 0.1) is 0 Å². The number of nitrogens with zero attached hydrogens (tertiary/aromatic N) is 2. The minimum atomic E-state index is -0.0882. The van der Waals surface area contributed by atoms with Gasteiger partial charge in [0.15, 0.2) is 0 Å². The van der Waals surface area contributed by atoms with E-state index in [0.717, 1.165) is 5.75 Å². The number of halogens is 2. The lowest BCUT2D eigenvalue weighted by Crippen LogP contribution is -2.30. The SMILES string of the molecule is CN(CCOc1ccc(Cl)cc1)C(=O)c1ccc(Br)nc1. The molecule has 1 amide bonds. The molecule has 0 fully saturated rings. The van der Waals surface area contributed by atoms with Crippen LogP contribution in [0.1, 0.15) is 10.4 Å². The van der Waals surface area contributed by atoms with Gasteiger partial charge in [-0.3, -0.25) is 4.79 Å². The molecule has 2 aromatic rings. The van der Waals surface area contributed by atoms with Crippen molar-refractivity contribution in [3.8, 4) is 5.75 Å². The van der Waals surface area contributed by atoms with Gasteiger partial charge in [0.25, 0.3) is 5.91 Å². The summed E-state index contributed by atoms with van der Waals surface area (Å²) >= 11 is 9.04. The van der Waals surface area contributed by atoms with E-state index in [4.69, 9.17) is 16.3 Å². The Hall–Kier alpha value is -1.59. The molecule has 0 saturated carbocycles. The minimum absolute atomic E-state index is 0.0882. The number of pyridine rings is 1. The molecule has 0 aliphatic carbocycles. The first-order valence-electron chi connectivity index (χ1n) is 6.31. The molecular weight excluding hydrogens is 356 g/mol. The molecule has 0 atom stereocenters. The standard InChI is InChI=1S/C15H14BrClN2O2/c1-19(15(20)11-2-7-14(16)18-10-11)8-9-21-13-5-3-12(17)4-6-13/h2-7,10H,8-9H2,1H3. The molecule has 0 aliphatic rings. The number of carbonyl (C=O) groups is 1. The van der Waals surface area contributed by atoms with Gasteiger partial charge in [0.05, 0.1) is 12.1 Å². The second-order valence-electron chi connectivity index (χ2n) is 4.40. The number of aromatic nitrogens is 1. The van der Waals surface area contributed by atoms with Crippen LogP contribution in [0.5, 0.6) is 5.75 Å². The van der Waals surface area contributed by atoms with Crippen LogP contribution in [-0.2, 0) is 0 Å². The van der Waals surface area contributed by atoms with Crippen molar-refractivity contribution in [3.05, 3.63) is 57.8 Å². The second-order valence-corrected chi connectivity index (χ2v) is 5.65. The summed E-state index contributed by atoms with van der Waals surface area (Å²) in [6.45, 7) is 0.894. The minimum Gasteiger partial charge on any atom is -0.492 e. The number of hydrogen-bond donors (Lipinski definition) is 0. The zero-order chi connectivity index (χ0) is 15.2. The Labute approximate surface area is 136 Å². The van der Waals surface area contributed by atoms with Gasteiger partial charge in [-0.15, -0.1) is 0 Å². The zero-order valence-electron chi connectivity index (χ0n) is 11.4. The van der Waals surface area contributed by atoms with Crippen LogP contribution in [0.15, 0.2) is 47.2 Å². The average Bonchev–Trinajstić information content (AvgIpc) is 2.49. The lowest BCUT2D eigenvalue weighted by atomic mass is 10.2. The van der Waals surface area contributed by atoms with Crippen LogP contribution >= 0.6 is 27.5 Å². The molecule has 0 radical (unpaired) electrons. The highest BCUT2D eigenvalue weighted by atomic mass is 79.9. The van der Waals surface area contributed by atoms with Crippen LogP contribution in [0.25, 0.3) is 0 Å². The van der Waals surface area contributed by atoms with E-state index in [9.17, 15) is 4.79 Å². The number of hydrogen-bond acceptors (Lipinski definition) is 3. The summed E-state index contributed by atoms with van der Waals surface area (Å²) in [5, 5.41) is 0.664. The van der Waals surface area contributed by atoms with E-state index in [-0.39, 0.29) is 5.91 Å². The van der Waals surface area contributed by atoms with Gasteiger partial charge in [0.1, 0.15) is 17.0 Å². The highest BCUT2D eigenvalue weighted by Crippen LogP contribution is 2.15. The Kier molecular flexibility index (Phi) is 5.59. The van der Waals surface area contributed by atoms with Crippen LogP contribution in [-0.4, -0.2) is 36.0 Å². The Bertz CT molecular complexity index is 602. The van der Waals surface area contributed by atoms with Gasteiger partial charge in [-0.25, -0.2) is 4.98 Å². The summed E-state index contributed by atoms with van der Waals surface area (Å²) in [6.07, 6.45) is 1.54. The first kappa shape index (κ1) is 15.8. The maximum absolute atomic E-state index is 12.1. The summed E-state index contributed by atoms with van der Waals surface area (Å²) in [5.41, 5.74) is 0.548. The van der Waals surface area contributed by atoms with Gasteiger partial charge < -0.3 is 9.64 Å². The molecule has 0 aliphatic heterocycles. The van der Waals surface area contributed by atoms with E-state index in [1.54, 1.807) is 54.5 Å². The quantitative estimate of drug-likeness (QED) is 0.756. The van der Waals surface area contributed by atoms with E-state index in [1.165, 1.54) is 0 Å². The average molecular weight is 370 g/mol. The largest absolute Gasteiger partial charge is 0.492 e. The molecule has 1 aromatic carbocycles. The van der Waals surface area contributed by atoms with E-state index in [2.05, 4.69) is 20.9 Å². The Morgan fingerprint density at radius 1 is 1.29 bits per heavy atom. The molecular formula is C15H14BrClN2O2. The second kappa shape index (κ2) is 7.43. The van der Waals surface area contributed by atoms with Gasteiger partial charge in [-0.2, -0.15) is 0 Å². The molecule has 0 spiro atoms. The van der Waals surface area contributed by atoms with E-state index < -0.39 is 0 Å². The first-order chi connectivity index (χ1) is 10.1. The van der Waals surface area contributed by atoms with Crippen molar-refractivity contribution >= 4 is 33.4 Å². The number of benzene rings is 1. The number of ether oxygens (including phenoxy) is 1. The van der Waals surface area contributed by atoms with Crippen molar-refractivity contribution in [2.45, 2.75) is 0 Å². The van der Waals surface area contributed by atoms with Crippen molar-refractivity contribution in [2.24, 2.45) is 0 Å². The van der Waals surface area contributed by atoms with Gasteiger partial charge >= 0.3 is 0 Å². The molecule has 1 heterocycles. The molecule has 110 valence electrons. The fourth-order valence-electron chi connectivity index (χ4n) is 1.66. The highest BCUT2D eigenvalue weighted by molar-refractivity contribution is 9.10. The lowest BCUT2D eigenvalue weighted by molar-refractivity contribution is 0.0773. The molecule has 4 nitrogen and oxygen atoms in total. The van der Waals surface area contributed by atoms with E-state index in [1.807, 2.05) is 0 Å². The number of carbonyl (C=O) groups excluding carboxylic acids is 1. The van der Waals surface area contributed by atoms with Crippen molar-refractivity contribution in [2.75, 3.05) is 20.2 Å². The molecule has 1 aromatic heterocycles. The van der Waals surface area contributed by atoms with Crippen molar-refractivity contribution in [1.82, 2.24) is 9.88 Å². The predicted octanol–water partition coefficient (Wildman–Crippen LogP) is 3.65. The third-order valence-electron chi connectivity index (χ3n) is 2.83. The maximum atomic E-state index is 12.1. The van der Waals surface area contributed by atoms with Gasteiger partial charge in [0, 0.05) is 18.3 Å². The van der Waals surface area contributed by atoms with E-state index in [0.29, 0.717) is 28.3 Å². The number of rotatable bonds is 5. The van der Waals surface area contributed by atoms with Crippen molar-refractivity contribution in [3.63, 3.8) is 0 Å². The van der Waals surface area contributed by atoms with Gasteiger partial charge in [0.2, 0.25) is 0 Å². The highest BCUT2D eigenvalue weighted by Gasteiger charge is 2.11. The fraction of sp³-hybridized carbons (Fsp3) is 0.200. The smallest absolute Gasteiger partial charge is 0.255 e. The van der Waals surface area contributed by atoms with Crippen LogP contribution in [0.3, 0.4) is 0 Å². The van der Waals surface area contributed by atoms with Gasteiger partial charge in [-0.1, -0.05) is 11.6 Å². The first-order valence-corrected chi connectivity index (χ1v) is 7.49. The molecule has 21 heavy (non-hydrogen) atoms. The third kappa shape index (κ3) is 4.72. The summed E-state index contributed by atoms with van der Waals surface area (Å²) in [4.78, 5) is 17.8. The van der Waals surface area contributed by atoms with E-state index >= 15 is 0 Å². The van der Waals surface area contributed by atoms with Gasteiger partial charge in [-0.05, 0) is 52.3 Å². The maximum Gasteiger partial charge on any atom is 0.255 e. The topological polar surface area (TPSA) is 42.4 Å². The summed E-state index contributed by atoms with van der Waals surface area (Å²) in [7, 11) is 1.73. The van der Waals surface area contributed by atoms with Crippen molar-refractivity contribution < 1.29 is 9.53 Å². The molecule has 0 saturated heterocycles. The number of amides is 1. The Morgan fingerprint density at radius 3 is 2.62 bits per heavy atom. The lowest BCUT2D eigenvalue weighted by Gasteiger charge is -2.17. The Morgan fingerprint density at radius 2 is 2.00 bits per heavy atom. The fourth-order valence-corrected chi connectivity index (χ4v) is 2.02. The molecule has 0 N–H and O–H groups in total. The molecule has 0 bridgehead atoms. The normalized spacial score (nSPS) is 10.2. The summed E-state index contributed by atoms with van der Waals surface area (Å²) in [5.74, 6) is 0.639. The zero-order valence-corrected chi connectivity index (χ0v) is 13.8. The number of likely N-dealkylation sites (N-methyl/N-ethyl adjacent to an activating group) is 1. The summed E-state index contributed by atoms with van der Waals surface area (Å²) < 4.78 is 6.26. The Balaban J connectivity index is 1.83. The van der Waals surface area contributed by atoms with Crippen molar-refractivity contribution in [1.29, 1.82) is 0 Å². The molecule has 6 heteroatoms.